The lowest BCUT2D eigenvalue weighted by atomic mass is 9.97. The Balaban J connectivity index is 0.00000176. The SMILES string of the molecule is C(CN1CCOCC1)=C(c1ccccc1)c1ccccc1.Cl. The van der Waals surface area contributed by atoms with Crippen molar-refractivity contribution in [2.45, 2.75) is 0 Å². The van der Waals surface area contributed by atoms with E-state index in [0.29, 0.717) is 0 Å². The Morgan fingerprint density at radius 2 is 1.36 bits per heavy atom. The van der Waals surface area contributed by atoms with Crippen LogP contribution in [0.4, 0.5) is 0 Å². The number of halogens is 1. The molecule has 2 aromatic carbocycles. The van der Waals surface area contributed by atoms with E-state index < -0.39 is 0 Å². The van der Waals surface area contributed by atoms with Gasteiger partial charge in [-0.2, -0.15) is 0 Å². The van der Waals surface area contributed by atoms with Gasteiger partial charge in [0.15, 0.2) is 0 Å². The second-order valence-electron chi connectivity index (χ2n) is 5.26. The summed E-state index contributed by atoms with van der Waals surface area (Å²) in [6.07, 6.45) is 2.34. The molecule has 0 radical (unpaired) electrons. The van der Waals surface area contributed by atoms with Gasteiger partial charge in [0.1, 0.15) is 0 Å². The van der Waals surface area contributed by atoms with Gasteiger partial charge < -0.3 is 4.74 Å². The second-order valence-corrected chi connectivity index (χ2v) is 5.26. The zero-order chi connectivity index (χ0) is 14.3. The summed E-state index contributed by atoms with van der Waals surface area (Å²) >= 11 is 0. The fourth-order valence-corrected chi connectivity index (χ4v) is 2.64. The molecule has 0 saturated carbocycles. The fraction of sp³-hybridized carbons (Fsp3) is 0.263. The molecule has 0 bridgehead atoms. The Bertz CT molecular complexity index is 535. The molecule has 0 aliphatic carbocycles. The Labute approximate surface area is 138 Å². The van der Waals surface area contributed by atoms with Crippen molar-refractivity contribution in [3.05, 3.63) is 77.9 Å². The van der Waals surface area contributed by atoms with Crippen molar-refractivity contribution in [2.75, 3.05) is 32.8 Å². The first-order valence-corrected chi connectivity index (χ1v) is 7.54. The first kappa shape index (κ1) is 16.8. The molecule has 0 atom stereocenters. The van der Waals surface area contributed by atoms with E-state index in [1.165, 1.54) is 16.7 Å². The van der Waals surface area contributed by atoms with Crippen molar-refractivity contribution in [2.24, 2.45) is 0 Å². The average Bonchev–Trinajstić information content (AvgIpc) is 2.58. The summed E-state index contributed by atoms with van der Waals surface area (Å²) in [6.45, 7) is 4.71. The van der Waals surface area contributed by atoms with Crippen LogP contribution in [0.3, 0.4) is 0 Å². The van der Waals surface area contributed by atoms with Crippen molar-refractivity contribution in [1.82, 2.24) is 4.90 Å². The molecule has 2 aromatic rings. The molecule has 3 heteroatoms. The zero-order valence-corrected chi connectivity index (χ0v) is 13.5. The molecule has 0 aromatic heterocycles. The van der Waals surface area contributed by atoms with E-state index in [1.54, 1.807) is 0 Å². The second kappa shape index (κ2) is 8.74. The van der Waals surface area contributed by atoms with Gasteiger partial charge in [0.2, 0.25) is 0 Å². The van der Waals surface area contributed by atoms with E-state index in [1.807, 2.05) is 0 Å². The molecule has 1 fully saturated rings. The minimum atomic E-state index is 0. The standard InChI is InChI=1S/C19H21NO.ClH/c1-3-7-17(8-4-1)19(18-9-5-2-6-10-18)11-12-20-13-15-21-16-14-20;/h1-11H,12-16H2;1H. The van der Waals surface area contributed by atoms with E-state index in [2.05, 4.69) is 71.6 Å². The number of ether oxygens (including phenoxy) is 1. The lowest BCUT2D eigenvalue weighted by Gasteiger charge is -2.25. The lowest BCUT2D eigenvalue weighted by molar-refractivity contribution is 0.0435. The van der Waals surface area contributed by atoms with Gasteiger partial charge >= 0.3 is 0 Å². The van der Waals surface area contributed by atoms with Gasteiger partial charge in [-0.1, -0.05) is 66.7 Å². The maximum Gasteiger partial charge on any atom is 0.0594 e. The highest BCUT2D eigenvalue weighted by Crippen LogP contribution is 2.23. The number of morpholine rings is 1. The predicted molar refractivity (Wildman–Crippen MR) is 94.5 cm³/mol. The molecular formula is C19H22ClNO. The van der Waals surface area contributed by atoms with Gasteiger partial charge in [-0.05, 0) is 16.7 Å². The molecule has 22 heavy (non-hydrogen) atoms. The number of rotatable bonds is 4. The largest absolute Gasteiger partial charge is 0.379 e. The Kier molecular flexibility index (Phi) is 6.66. The number of hydrogen-bond donors (Lipinski definition) is 0. The van der Waals surface area contributed by atoms with Crippen LogP contribution in [0.2, 0.25) is 0 Å². The van der Waals surface area contributed by atoms with Crippen LogP contribution in [-0.4, -0.2) is 37.7 Å². The van der Waals surface area contributed by atoms with Crippen LogP contribution in [0.1, 0.15) is 11.1 Å². The monoisotopic (exact) mass is 315 g/mol. The lowest BCUT2D eigenvalue weighted by Crippen LogP contribution is -2.36. The minimum absolute atomic E-state index is 0. The van der Waals surface area contributed by atoms with E-state index in [9.17, 15) is 0 Å². The van der Waals surface area contributed by atoms with Crippen molar-refractivity contribution in [3.8, 4) is 0 Å². The highest BCUT2D eigenvalue weighted by molar-refractivity contribution is 5.85. The van der Waals surface area contributed by atoms with Gasteiger partial charge in [0, 0.05) is 19.6 Å². The number of nitrogens with zero attached hydrogens (tertiary/aromatic N) is 1. The van der Waals surface area contributed by atoms with E-state index >= 15 is 0 Å². The van der Waals surface area contributed by atoms with E-state index in [0.717, 1.165) is 32.8 Å². The molecule has 0 spiro atoms. The molecule has 1 heterocycles. The fourth-order valence-electron chi connectivity index (χ4n) is 2.64. The summed E-state index contributed by atoms with van der Waals surface area (Å²) in [6, 6.07) is 21.2. The Morgan fingerprint density at radius 3 is 1.86 bits per heavy atom. The molecular weight excluding hydrogens is 294 g/mol. The molecule has 1 aliphatic rings. The van der Waals surface area contributed by atoms with Gasteiger partial charge in [-0.25, -0.2) is 0 Å². The minimum Gasteiger partial charge on any atom is -0.379 e. The predicted octanol–water partition coefficient (Wildman–Crippen LogP) is 3.87. The average molecular weight is 316 g/mol. The Morgan fingerprint density at radius 1 is 0.864 bits per heavy atom. The molecule has 0 amide bonds. The van der Waals surface area contributed by atoms with Crippen molar-refractivity contribution >= 4 is 18.0 Å². The zero-order valence-electron chi connectivity index (χ0n) is 12.7. The van der Waals surface area contributed by atoms with Crippen LogP contribution in [0.25, 0.3) is 5.57 Å². The van der Waals surface area contributed by atoms with Crippen LogP contribution in [-0.2, 0) is 4.74 Å². The van der Waals surface area contributed by atoms with Crippen molar-refractivity contribution in [1.29, 1.82) is 0 Å². The first-order chi connectivity index (χ1) is 10.4. The summed E-state index contributed by atoms with van der Waals surface area (Å²) in [5.41, 5.74) is 3.86. The molecule has 0 N–H and O–H groups in total. The molecule has 116 valence electrons. The van der Waals surface area contributed by atoms with Gasteiger partial charge in [-0.3, -0.25) is 4.90 Å². The van der Waals surface area contributed by atoms with Crippen molar-refractivity contribution in [3.63, 3.8) is 0 Å². The summed E-state index contributed by atoms with van der Waals surface area (Å²) < 4.78 is 5.41. The third-order valence-electron chi connectivity index (χ3n) is 3.83. The summed E-state index contributed by atoms with van der Waals surface area (Å²) in [4.78, 5) is 2.44. The van der Waals surface area contributed by atoms with Gasteiger partial charge in [0.05, 0.1) is 13.2 Å². The summed E-state index contributed by atoms with van der Waals surface area (Å²) in [7, 11) is 0. The molecule has 1 saturated heterocycles. The third-order valence-corrected chi connectivity index (χ3v) is 3.83. The van der Waals surface area contributed by atoms with Crippen molar-refractivity contribution < 1.29 is 4.74 Å². The maximum atomic E-state index is 5.41. The summed E-state index contributed by atoms with van der Waals surface area (Å²) in [5.74, 6) is 0. The first-order valence-electron chi connectivity index (χ1n) is 7.54. The van der Waals surface area contributed by atoms with Crippen LogP contribution in [0, 0.1) is 0 Å². The van der Waals surface area contributed by atoms with Crippen LogP contribution < -0.4 is 0 Å². The van der Waals surface area contributed by atoms with Gasteiger partial charge in [-0.15, -0.1) is 12.4 Å². The quantitative estimate of drug-likeness (QED) is 0.849. The molecule has 3 rings (SSSR count). The number of benzene rings is 2. The number of hydrogen-bond acceptors (Lipinski definition) is 2. The van der Waals surface area contributed by atoms with Gasteiger partial charge in [0.25, 0.3) is 0 Å². The third kappa shape index (κ3) is 4.44. The normalized spacial score (nSPS) is 14.9. The summed E-state index contributed by atoms with van der Waals surface area (Å²) in [5, 5.41) is 0. The van der Waals surface area contributed by atoms with E-state index in [-0.39, 0.29) is 12.4 Å². The van der Waals surface area contributed by atoms with E-state index in [4.69, 9.17) is 4.74 Å². The Hall–Kier alpha value is -1.61. The van der Waals surface area contributed by atoms with Crippen LogP contribution >= 0.6 is 12.4 Å². The maximum absolute atomic E-state index is 5.41. The molecule has 0 unspecified atom stereocenters. The molecule has 1 aliphatic heterocycles. The smallest absolute Gasteiger partial charge is 0.0594 e. The highest BCUT2D eigenvalue weighted by atomic mass is 35.5. The van der Waals surface area contributed by atoms with Crippen LogP contribution in [0.5, 0.6) is 0 Å². The highest BCUT2D eigenvalue weighted by Gasteiger charge is 2.10. The van der Waals surface area contributed by atoms with Crippen LogP contribution in [0.15, 0.2) is 66.7 Å². The topological polar surface area (TPSA) is 12.5 Å². The molecule has 2 nitrogen and oxygen atoms in total.